The van der Waals surface area contributed by atoms with Crippen LogP contribution in [-0.2, 0) is 24.6 Å². The fourth-order valence-corrected chi connectivity index (χ4v) is 2.86. The van der Waals surface area contributed by atoms with E-state index in [-0.39, 0.29) is 12.8 Å². The molecule has 2 aliphatic rings. The first kappa shape index (κ1) is 14.1. The minimum Gasteiger partial charge on any atom is -0.329 e. The maximum Gasteiger partial charge on any atom is 0.343 e. The zero-order valence-electron chi connectivity index (χ0n) is 11.3. The monoisotopic (exact) mass is 307 g/mol. The number of hydroxylamine groups is 2. The number of imide groups is 1. The van der Waals surface area contributed by atoms with Crippen molar-refractivity contribution in [3.05, 3.63) is 34.9 Å². The van der Waals surface area contributed by atoms with Crippen LogP contribution in [0.2, 0.25) is 5.02 Å². The first-order valence-corrected chi connectivity index (χ1v) is 7.25. The lowest BCUT2D eigenvalue weighted by atomic mass is 9.64. The molecule has 1 saturated carbocycles. The summed E-state index contributed by atoms with van der Waals surface area (Å²) in [6.07, 6.45) is 2.38. The van der Waals surface area contributed by atoms with Crippen LogP contribution >= 0.6 is 11.6 Å². The molecule has 0 unspecified atom stereocenters. The number of hydrogen-bond acceptors (Lipinski definition) is 4. The maximum absolute atomic E-state index is 12.5. The highest BCUT2D eigenvalue weighted by Gasteiger charge is 2.49. The molecule has 0 radical (unpaired) electrons. The van der Waals surface area contributed by atoms with E-state index in [2.05, 4.69) is 0 Å². The Morgan fingerprint density at radius 2 is 1.67 bits per heavy atom. The van der Waals surface area contributed by atoms with E-state index >= 15 is 0 Å². The third-order valence-electron chi connectivity index (χ3n) is 4.17. The highest BCUT2D eigenvalue weighted by atomic mass is 35.5. The molecule has 0 N–H and O–H groups in total. The van der Waals surface area contributed by atoms with Crippen molar-refractivity contribution in [2.24, 2.45) is 0 Å². The van der Waals surface area contributed by atoms with Crippen LogP contribution in [0.1, 0.15) is 37.7 Å². The summed E-state index contributed by atoms with van der Waals surface area (Å²) in [5.41, 5.74) is 0.0375. The molecule has 1 aliphatic heterocycles. The van der Waals surface area contributed by atoms with Crippen molar-refractivity contribution in [1.82, 2.24) is 5.06 Å². The Labute approximate surface area is 126 Å². The second-order valence-electron chi connectivity index (χ2n) is 5.40. The van der Waals surface area contributed by atoms with E-state index in [1.807, 2.05) is 0 Å². The van der Waals surface area contributed by atoms with E-state index in [9.17, 15) is 14.4 Å². The van der Waals surface area contributed by atoms with E-state index in [4.69, 9.17) is 16.4 Å². The minimum absolute atomic E-state index is 0.0973. The molecule has 0 spiro atoms. The molecular formula is C15H14ClNO4. The number of rotatable bonds is 3. The van der Waals surface area contributed by atoms with Crippen molar-refractivity contribution in [2.75, 3.05) is 0 Å². The lowest BCUT2D eigenvalue weighted by Crippen LogP contribution is -2.47. The molecule has 110 valence electrons. The summed E-state index contributed by atoms with van der Waals surface area (Å²) >= 11 is 5.86. The summed E-state index contributed by atoms with van der Waals surface area (Å²) in [5.74, 6) is -1.46. The Hall–Kier alpha value is -1.88. The summed E-state index contributed by atoms with van der Waals surface area (Å²) in [7, 11) is 0. The van der Waals surface area contributed by atoms with E-state index in [0.29, 0.717) is 22.9 Å². The third kappa shape index (κ3) is 2.31. The Morgan fingerprint density at radius 3 is 2.14 bits per heavy atom. The van der Waals surface area contributed by atoms with Crippen molar-refractivity contribution >= 4 is 29.4 Å². The predicted octanol–water partition coefficient (Wildman–Crippen LogP) is 2.37. The van der Waals surface area contributed by atoms with Crippen molar-refractivity contribution < 1.29 is 19.2 Å². The molecule has 3 rings (SSSR count). The Kier molecular flexibility index (Phi) is 3.45. The van der Waals surface area contributed by atoms with Gasteiger partial charge in [0.15, 0.2) is 0 Å². The van der Waals surface area contributed by atoms with Gasteiger partial charge in [-0.1, -0.05) is 30.2 Å². The number of halogens is 1. The molecule has 21 heavy (non-hydrogen) atoms. The Balaban J connectivity index is 1.82. The molecule has 5 nitrogen and oxygen atoms in total. The number of benzene rings is 1. The SMILES string of the molecule is O=C1CCC(=O)N1OC(=O)C1(c2ccc(Cl)cc2)CCC1. The van der Waals surface area contributed by atoms with Gasteiger partial charge in [0, 0.05) is 17.9 Å². The van der Waals surface area contributed by atoms with Crippen LogP contribution in [0.5, 0.6) is 0 Å². The standard InChI is InChI=1S/C15H14ClNO4/c16-11-4-2-10(3-5-11)15(8-1-9-15)14(20)21-17-12(18)6-7-13(17)19/h2-5H,1,6-9H2. The second kappa shape index (κ2) is 5.15. The summed E-state index contributed by atoms with van der Waals surface area (Å²) in [5, 5.41) is 1.20. The molecule has 0 bridgehead atoms. The van der Waals surface area contributed by atoms with E-state index in [0.717, 1.165) is 12.0 Å². The first-order chi connectivity index (χ1) is 10.0. The molecule has 2 fully saturated rings. The molecule has 2 amide bonds. The van der Waals surface area contributed by atoms with Crippen LogP contribution in [-0.4, -0.2) is 22.8 Å². The molecule has 1 saturated heterocycles. The first-order valence-electron chi connectivity index (χ1n) is 6.87. The van der Waals surface area contributed by atoms with Gasteiger partial charge in [-0.2, -0.15) is 0 Å². The predicted molar refractivity (Wildman–Crippen MR) is 74.2 cm³/mol. The van der Waals surface area contributed by atoms with Crippen LogP contribution in [0.25, 0.3) is 0 Å². The lowest BCUT2D eigenvalue weighted by molar-refractivity contribution is -0.204. The summed E-state index contributed by atoms with van der Waals surface area (Å²) in [6, 6.07) is 7.01. The van der Waals surface area contributed by atoms with Gasteiger partial charge in [0.25, 0.3) is 11.8 Å². The summed E-state index contributed by atoms with van der Waals surface area (Å²) in [4.78, 5) is 40.7. The quantitative estimate of drug-likeness (QED) is 0.804. The smallest absolute Gasteiger partial charge is 0.329 e. The molecule has 1 aromatic rings. The number of amides is 2. The zero-order chi connectivity index (χ0) is 15.0. The van der Waals surface area contributed by atoms with E-state index in [1.165, 1.54) is 0 Å². The number of carbonyl (C=O) groups is 3. The van der Waals surface area contributed by atoms with Gasteiger partial charge >= 0.3 is 5.97 Å². The molecule has 1 aliphatic carbocycles. The fraction of sp³-hybridized carbons (Fsp3) is 0.400. The van der Waals surface area contributed by atoms with Gasteiger partial charge in [0.1, 0.15) is 0 Å². The highest BCUT2D eigenvalue weighted by Crippen LogP contribution is 2.45. The Bertz CT molecular complexity index is 591. The maximum atomic E-state index is 12.5. The summed E-state index contributed by atoms with van der Waals surface area (Å²) in [6.45, 7) is 0. The zero-order valence-corrected chi connectivity index (χ0v) is 12.1. The molecule has 1 aromatic carbocycles. The Morgan fingerprint density at radius 1 is 1.10 bits per heavy atom. The third-order valence-corrected chi connectivity index (χ3v) is 4.43. The van der Waals surface area contributed by atoms with Gasteiger partial charge in [0.2, 0.25) is 0 Å². The van der Waals surface area contributed by atoms with Crippen molar-refractivity contribution in [1.29, 1.82) is 0 Å². The van der Waals surface area contributed by atoms with Crippen LogP contribution in [0.4, 0.5) is 0 Å². The van der Waals surface area contributed by atoms with Crippen LogP contribution in [0, 0.1) is 0 Å². The average Bonchev–Trinajstić information content (AvgIpc) is 2.71. The van der Waals surface area contributed by atoms with Crippen LogP contribution < -0.4 is 0 Å². The van der Waals surface area contributed by atoms with Crippen molar-refractivity contribution in [3.8, 4) is 0 Å². The van der Waals surface area contributed by atoms with Crippen LogP contribution in [0.15, 0.2) is 24.3 Å². The molecule has 6 heteroatoms. The molecule has 1 heterocycles. The van der Waals surface area contributed by atoms with Crippen molar-refractivity contribution in [3.63, 3.8) is 0 Å². The van der Waals surface area contributed by atoms with E-state index < -0.39 is 23.2 Å². The van der Waals surface area contributed by atoms with Gasteiger partial charge in [-0.25, -0.2) is 4.79 Å². The van der Waals surface area contributed by atoms with Gasteiger partial charge in [-0.15, -0.1) is 5.06 Å². The van der Waals surface area contributed by atoms with Gasteiger partial charge in [0.05, 0.1) is 5.41 Å². The number of carbonyl (C=O) groups excluding carboxylic acids is 3. The minimum atomic E-state index is -0.770. The topological polar surface area (TPSA) is 63.7 Å². The van der Waals surface area contributed by atoms with Gasteiger partial charge in [-0.05, 0) is 30.5 Å². The largest absolute Gasteiger partial charge is 0.343 e. The molecule has 0 aromatic heterocycles. The van der Waals surface area contributed by atoms with E-state index in [1.54, 1.807) is 24.3 Å². The summed E-state index contributed by atoms with van der Waals surface area (Å²) < 4.78 is 0. The normalized spacial score (nSPS) is 20.3. The van der Waals surface area contributed by atoms with Gasteiger partial charge < -0.3 is 4.84 Å². The molecular weight excluding hydrogens is 294 g/mol. The van der Waals surface area contributed by atoms with Crippen molar-refractivity contribution in [2.45, 2.75) is 37.5 Å². The number of hydrogen-bond donors (Lipinski definition) is 0. The van der Waals surface area contributed by atoms with Gasteiger partial charge in [-0.3, -0.25) is 9.59 Å². The average molecular weight is 308 g/mol. The van der Waals surface area contributed by atoms with Crippen LogP contribution in [0.3, 0.4) is 0 Å². The molecule has 0 atom stereocenters. The lowest BCUT2D eigenvalue weighted by Gasteiger charge is -2.39. The fourth-order valence-electron chi connectivity index (χ4n) is 2.74. The number of nitrogens with zero attached hydrogens (tertiary/aromatic N) is 1. The second-order valence-corrected chi connectivity index (χ2v) is 5.84. The highest BCUT2D eigenvalue weighted by molar-refractivity contribution is 6.30.